The maximum atomic E-state index is 13.0. The standard InChI is InChI=1S/C22H26N6O2/c1-5-12(2)21(22-24-16-8-6-7-9-17(16)25-22)26-19(29)10-15-13(3)23-18-11-20(30)27-28(18)14(15)4/h6-9,11-12,21H,5,10H2,1-4H3,(H,24,25)(H,26,29)(H,27,30). The molecular formula is C22H26N6O2. The third-order valence-electron chi connectivity index (χ3n) is 5.77. The summed E-state index contributed by atoms with van der Waals surface area (Å²) in [6.07, 6.45) is 1.08. The molecule has 0 saturated carbocycles. The zero-order chi connectivity index (χ0) is 21.4. The van der Waals surface area contributed by atoms with E-state index in [9.17, 15) is 9.59 Å². The molecule has 0 spiro atoms. The molecule has 3 N–H and O–H groups in total. The van der Waals surface area contributed by atoms with E-state index < -0.39 is 0 Å². The van der Waals surface area contributed by atoms with Crippen LogP contribution >= 0.6 is 0 Å². The molecule has 0 saturated heterocycles. The SMILES string of the molecule is CCC(C)C(NC(=O)Cc1c(C)nc2cc(=O)[nH]n2c1C)c1nc2ccccc2[nH]1. The van der Waals surface area contributed by atoms with E-state index in [0.717, 1.165) is 40.2 Å². The number of nitrogens with one attached hydrogen (secondary N) is 3. The molecule has 0 aliphatic rings. The Morgan fingerprint density at radius 3 is 2.73 bits per heavy atom. The van der Waals surface area contributed by atoms with Gasteiger partial charge in [0.2, 0.25) is 5.91 Å². The van der Waals surface area contributed by atoms with Crippen LogP contribution in [0, 0.1) is 19.8 Å². The average molecular weight is 406 g/mol. The minimum absolute atomic E-state index is 0.109. The molecule has 3 aromatic heterocycles. The van der Waals surface area contributed by atoms with Crippen molar-refractivity contribution in [1.29, 1.82) is 0 Å². The Kier molecular flexibility index (Phi) is 5.15. The first-order chi connectivity index (χ1) is 14.4. The molecule has 4 aromatic rings. The van der Waals surface area contributed by atoms with Crippen molar-refractivity contribution in [2.24, 2.45) is 5.92 Å². The van der Waals surface area contributed by atoms with Gasteiger partial charge in [0.05, 0.1) is 23.5 Å². The highest BCUT2D eigenvalue weighted by Gasteiger charge is 2.24. The maximum Gasteiger partial charge on any atom is 0.266 e. The van der Waals surface area contributed by atoms with Gasteiger partial charge in [-0.3, -0.25) is 14.7 Å². The third kappa shape index (κ3) is 3.60. The first kappa shape index (κ1) is 19.9. The Labute approximate surface area is 173 Å². The molecular weight excluding hydrogens is 380 g/mol. The maximum absolute atomic E-state index is 13.0. The zero-order valence-electron chi connectivity index (χ0n) is 17.6. The number of amides is 1. The van der Waals surface area contributed by atoms with Crippen LogP contribution in [-0.2, 0) is 11.2 Å². The number of rotatable bonds is 6. The number of carbonyl (C=O) groups is 1. The summed E-state index contributed by atoms with van der Waals surface area (Å²) >= 11 is 0. The number of benzene rings is 1. The number of aromatic amines is 2. The van der Waals surface area contributed by atoms with Crippen LogP contribution in [0.3, 0.4) is 0 Å². The summed E-state index contributed by atoms with van der Waals surface area (Å²) in [7, 11) is 0. The van der Waals surface area contributed by atoms with E-state index in [-0.39, 0.29) is 29.8 Å². The molecule has 2 atom stereocenters. The number of aryl methyl sites for hydroxylation is 2. The van der Waals surface area contributed by atoms with Crippen molar-refractivity contribution < 1.29 is 4.79 Å². The van der Waals surface area contributed by atoms with Crippen LogP contribution in [0.5, 0.6) is 0 Å². The molecule has 0 fully saturated rings. The molecule has 3 heterocycles. The van der Waals surface area contributed by atoms with E-state index in [1.807, 2.05) is 38.1 Å². The number of nitrogens with zero attached hydrogens (tertiary/aromatic N) is 3. The van der Waals surface area contributed by atoms with E-state index in [4.69, 9.17) is 4.98 Å². The lowest BCUT2D eigenvalue weighted by atomic mass is 9.98. The Hall–Kier alpha value is -3.42. The van der Waals surface area contributed by atoms with Crippen LogP contribution < -0.4 is 10.9 Å². The quantitative estimate of drug-likeness (QED) is 0.457. The number of hydrogen-bond acceptors (Lipinski definition) is 4. The van der Waals surface area contributed by atoms with Gasteiger partial charge in [0.25, 0.3) is 5.56 Å². The van der Waals surface area contributed by atoms with Gasteiger partial charge in [0, 0.05) is 23.0 Å². The van der Waals surface area contributed by atoms with Crippen LogP contribution in [-0.4, -0.2) is 30.5 Å². The minimum Gasteiger partial charge on any atom is -0.346 e. The highest BCUT2D eigenvalue weighted by atomic mass is 16.1. The van der Waals surface area contributed by atoms with Gasteiger partial charge in [-0.15, -0.1) is 0 Å². The minimum atomic E-state index is -0.224. The van der Waals surface area contributed by atoms with E-state index in [2.05, 4.69) is 34.2 Å². The van der Waals surface area contributed by atoms with Crippen LogP contribution in [0.4, 0.5) is 0 Å². The van der Waals surface area contributed by atoms with Gasteiger partial charge >= 0.3 is 0 Å². The largest absolute Gasteiger partial charge is 0.346 e. The number of H-pyrrole nitrogens is 2. The Morgan fingerprint density at radius 2 is 2.00 bits per heavy atom. The van der Waals surface area contributed by atoms with Crippen molar-refractivity contribution in [1.82, 2.24) is 29.9 Å². The summed E-state index contributed by atoms with van der Waals surface area (Å²) in [5.74, 6) is 0.858. The molecule has 0 bridgehead atoms. The molecule has 8 nitrogen and oxygen atoms in total. The van der Waals surface area contributed by atoms with Crippen LogP contribution in [0.1, 0.15) is 49.1 Å². The average Bonchev–Trinajstić information content (AvgIpc) is 3.31. The van der Waals surface area contributed by atoms with E-state index in [1.54, 1.807) is 4.52 Å². The van der Waals surface area contributed by atoms with Gasteiger partial charge in [0.15, 0.2) is 5.65 Å². The molecule has 2 unspecified atom stereocenters. The Balaban J connectivity index is 1.62. The van der Waals surface area contributed by atoms with E-state index >= 15 is 0 Å². The van der Waals surface area contributed by atoms with Gasteiger partial charge in [-0.1, -0.05) is 32.4 Å². The summed E-state index contributed by atoms with van der Waals surface area (Å²) in [5.41, 5.74) is 4.52. The number of carbonyl (C=O) groups excluding carboxylic acids is 1. The number of imidazole rings is 1. The molecule has 1 amide bonds. The van der Waals surface area contributed by atoms with Crippen molar-refractivity contribution in [2.45, 2.75) is 46.6 Å². The Morgan fingerprint density at radius 1 is 1.23 bits per heavy atom. The van der Waals surface area contributed by atoms with Crippen LogP contribution in [0.15, 0.2) is 35.1 Å². The van der Waals surface area contributed by atoms with Crippen molar-refractivity contribution in [3.63, 3.8) is 0 Å². The predicted molar refractivity (Wildman–Crippen MR) is 115 cm³/mol. The fraction of sp³-hybridized carbons (Fsp3) is 0.364. The highest BCUT2D eigenvalue weighted by molar-refractivity contribution is 5.80. The predicted octanol–water partition coefficient (Wildman–Crippen LogP) is 2.96. The van der Waals surface area contributed by atoms with Crippen LogP contribution in [0.2, 0.25) is 0 Å². The van der Waals surface area contributed by atoms with Crippen LogP contribution in [0.25, 0.3) is 16.7 Å². The molecule has 4 rings (SSSR count). The van der Waals surface area contributed by atoms with Gasteiger partial charge in [-0.05, 0) is 31.9 Å². The fourth-order valence-electron chi connectivity index (χ4n) is 3.83. The van der Waals surface area contributed by atoms with Crippen molar-refractivity contribution in [3.8, 4) is 0 Å². The molecule has 8 heteroatoms. The van der Waals surface area contributed by atoms with Gasteiger partial charge < -0.3 is 10.3 Å². The van der Waals surface area contributed by atoms with E-state index in [1.165, 1.54) is 6.07 Å². The van der Waals surface area contributed by atoms with Crippen molar-refractivity contribution in [3.05, 3.63) is 63.5 Å². The number of aromatic nitrogens is 5. The molecule has 0 aliphatic heterocycles. The second-order valence-electron chi connectivity index (χ2n) is 7.82. The molecule has 0 aliphatic carbocycles. The molecule has 0 radical (unpaired) electrons. The Bertz CT molecular complexity index is 1250. The van der Waals surface area contributed by atoms with Gasteiger partial charge in [-0.2, -0.15) is 0 Å². The number of fused-ring (bicyclic) bond motifs is 2. The lowest BCUT2D eigenvalue weighted by Gasteiger charge is -2.23. The first-order valence-electron chi connectivity index (χ1n) is 10.2. The monoisotopic (exact) mass is 406 g/mol. The number of hydrogen-bond donors (Lipinski definition) is 3. The molecule has 30 heavy (non-hydrogen) atoms. The lowest BCUT2D eigenvalue weighted by Crippen LogP contribution is -2.34. The van der Waals surface area contributed by atoms with E-state index in [0.29, 0.717) is 5.65 Å². The van der Waals surface area contributed by atoms with Gasteiger partial charge in [0.1, 0.15) is 5.82 Å². The highest BCUT2D eigenvalue weighted by Crippen LogP contribution is 2.25. The summed E-state index contributed by atoms with van der Waals surface area (Å²) in [4.78, 5) is 37.2. The second-order valence-corrected chi connectivity index (χ2v) is 7.82. The molecule has 1 aromatic carbocycles. The number of para-hydroxylation sites is 2. The topological polar surface area (TPSA) is 108 Å². The summed E-state index contributed by atoms with van der Waals surface area (Å²) in [6, 6.07) is 9.07. The normalized spacial score (nSPS) is 13.6. The summed E-state index contributed by atoms with van der Waals surface area (Å²) < 4.78 is 1.63. The summed E-state index contributed by atoms with van der Waals surface area (Å²) in [5, 5.41) is 5.89. The molecule has 156 valence electrons. The fourth-order valence-corrected chi connectivity index (χ4v) is 3.83. The lowest BCUT2D eigenvalue weighted by molar-refractivity contribution is -0.121. The third-order valence-corrected chi connectivity index (χ3v) is 5.77. The zero-order valence-corrected chi connectivity index (χ0v) is 17.6. The van der Waals surface area contributed by atoms with Crippen molar-refractivity contribution in [2.75, 3.05) is 0 Å². The van der Waals surface area contributed by atoms with Crippen molar-refractivity contribution >= 4 is 22.6 Å². The smallest absolute Gasteiger partial charge is 0.266 e. The first-order valence-corrected chi connectivity index (χ1v) is 10.2. The summed E-state index contributed by atoms with van der Waals surface area (Å²) in [6.45, 7) is 7.94. The second kappa shape index (κ2) is 7.78. The van der Waals surface area contributed by atoms with Gasteiger partial charge in [-0.25, -0.2) is 14.5 Å².